The number of anilines is 1. The Bertz CT molecular complexity index is 462. The molecule has 0 saturated carbocycles. The van der Waals surface area contributed by atoms with E-state index in [9.17, 15) is 14.0 Å². The number of hydrogen-bond acceptors (Lipinski definition) is 3. The third kappa shape index (κ3) is 4.03. The fourth-order valence-corrected chi connectivity index (χ4v) is 1.74. The monoisotopic (exact) mass is 271 g/mol. The molecule has 98 valence electrons. The molecule has 0 radical (unpaired) electrons. The van der Waals surface area contributed by atoms with Gasteiger partial charge in [-0.25, -0.2) is 4.39 Å². The number of benzene rings is 1. The lowest BCUT2D eigenvalue weighted by Crippen LogP contribution is -2.29. The van der Waals surface area contributed by atoms with E-state index in [4.69, 9.17) is 5.11 Å². The molecule has 0 spiro atoms. The van der Waals surface area contributed by atoms with Gasteiger partial charge in [-0.1, -0.05) is 12.1 Å². The average Bonchev–Trinajstić information content (AvgIpc) is 2.29. The van der Waals surface area contributed by atoms with Crippen molar-refractivity contribution in [2.24, 2.45) is 0 Å². The number of aliphatic carboxylic acids is 1. The van der Waals surface area contributed by atoms with Gasteiger partial charge in [-0.3, -0.25) is 9.59 Å². The molecule has 1 rings (SSSR count). The summed E-state index contributed by atoms with van der Waals surface area (Å²) in [6, 6.07) is 5.81. The Labute approximate surface area is 109 Å². The maximum absolute atomic E-state index is 13.2. The molecule has 0 saturated heterocycles. The molecule has 4 nitrogen and oxygen atoms in total. The summed E-state index contributed by atoms with van der Waals surface area (Å²) < 4.78 is 12.2. The van der Waals surface area contributed by atoms with Gasteiger partial charge in [-0.2, -0.15) is 0 Å². The minimum atomic E-state index is -1.05. The highest BCUT2D eigenvalue weighted by Gasteiger charge is 2.28. The van der Waals surface area contributed by atoms with Crippen molar-refractivity contribution in [3.8, 4) is 0 Å². The molecule has 0 aromatic heterocycles. The highest BCUT2D eigenvalue weighted by Crippen LogP contribution is 2.24. The van der Waals surface area contributed by atoms with E-state index in [-0.39, 0.29) is 11.4 Å². The molecule has 0 fully saturated rings. The second-order valence-electron chi connectivity index (χ2n) is 4.13. The van der Waals surface area contributed by atoms with Crippen LogP contribution in [0.15, 0.2) is 24.3 Å². The van der Waals surface area contributed by atoms with Gasteiger partial charge in [0.15, 0.2) is 0 Å². The van der Waals surface area contributed by atoms with E-state index in [0.29, 0.717) is 0 Å². The number of carboxylic acid groups (broad SMARTS) is 1. The van der Waals surface area contributed by atoms with E-state index < -0.39 is 22.4 Å². The third-order valence-electron chi connectivity index (χ3n) is 2.23. The predicted molar refractivity (Wildman–Crippen MR) is 69.2 cm³/mol. The normalized spacial score (nSPS) is 11.1. The van der Waals surface area contributed by atoms with Crippen LogP contribution < -0.4 is 5.32 Å². The van der Waals surface area contributed by atoms with Gasteiger partial charge in [-0.15, -0.1) is 11.8 Å². The number of hydrogen-bond donors (Lipinski definition) is 2. The predicted octanol–water partition coefficient (Wildman–Crippen LogP) is 2.36. The first-order chi connectivity index (χ1) is 8.33. The molecule has 1 amide bonds. The SMILES string of the molecule is CC(C)(SCC(=O)Nc1ccccc1F)C(=O)O. The van der Waals surface area contributed by atoms with Crippen LogP contribution in [0.25, 0.3) is 0 Å². The lowest BCUT2D eigenvalue weighted by Gasteiger charge is -2.17. The van der Waals surface area contributed by atoms with Gasteiger partial charge < -0.3 is 10.4 Å². The second-order valence-corrected chi connectivity index (χ2v) is 5.73. The molecular formula is C12H14FNO3S. The Hall–Kier alpha value is -1.56. The van der Waals surface area contributed by atoms with Gasteiger partial charge in [0.1, 0.15) is 10.6 Å². The summed E-state index contributed by atoms with van der Waals surface area (Å²) in [5.41, 5.74) is 0.0937. The zero-order valence-corrected chi connectivity index (χ0v) is 10.9. The van der Waals surface area contributed by atoms with Crippen molar-refractivity contribution < 1.29 is 19.1 Å². The van der Waals surface area contributed by atoms with E-state index in [1.54, 1.807) is 6.07 Å². The molecule has 0 unspecified atom stereocenters. The molecule has 0 heterocycles. The van der Waals surface area contributed by atoms with E-state index >= 15 is 0 Å². The fraction of sp³-hybridized carbons (Fsp3) is 0.333. The van der Waals surface area contributed by atoms with Crippen molar-refractivity contribution in [3.63, 3.8) is 0 Å². The Morgan fingerprint density at radius 2 is 2.00 bits per heavy atom. The lowest BCUT2D eigenvalue weighted by molar-refractivity contribution is -0.138. The van der Waals surface area contributed by atoms with E-state index in [2.05, 4.69) is 5.32 Å². The summed E-state index contributed by atoms with van der Waals surface area (Å²) in [5, 5.41) is 11.3. The molecule has 0 bridgehead atoms. The lowest BCUT2D eigenvalue weighted by atomic mass is 10.2. The molecule has 6 heteroatoms. The zero-order chi connectivity index (χ0) is 13.8. The Kier molecular flexibility index (Phi) is 4.72. The van der Waals surface area contributed by atoms with Crippen LogP contribution in [0.1, 0.15) is 13.8 Å². The first-order valence-electron chi connectivity index (χ1n) is 5.24. The molecule has 0 aliphatic carbocycles. The van der Waals surface area contributed by atoms with Gasteiger partial charge in [0.25, 0.3) is 0 Å². The van der Waals surface area contributed by atoms with Crippen LogP contribution in [0.2, 0.25) is 0 Å². The number of carbonyl (C=O) groups is 2. The molecule has 2 N–H and O–H groups in total. The van der Waals surface area contributed by atoms with Crippen LogP contribution in [-0.2, 0) is 9.59 Å². The van der Waals surface area contributed by atoms with Gasteiger partial charge in [-0.05, 0) is 26.0 Å². The minimum Gasteiger partial charge on any atom is -0.480 e. The number of halogens is 1. The number of rotatable bonds is 5. The summed E-state index contributed by atoms with van der Waals surface area (Å²) in [4.78, 5) is 22.4. The number of carboxylic acids is 1. The minimum absolute atomic E-state index is 0.0480. The van der Waals surface area contributed by atoms with Crippen LogP contribution in [-0.4, -0.2) is 27.5 Å². The highest BCUT2D eigenvalue weighted by molar-refractivity contribution is 8.02. The zero-order valence-electron chi connectivity index (χ0n) is 10.1. The number of carbonyl (C=O) groups excluding carboxylic acids is 1. The van der Waals surface area contributed by atoms with Crippen molar-refractivity contribution in [1.82, 2.24) is 0 Å². The van der Waals surface area contributed by atoms with E-state index in [0.717, 1.165) is 11.8 Å². The van der Waals surface area contributed by atoms with Gasteiger partial charge in [0.05, 0.1) is 11.4 Å². The maximum atomic E-state index is 13.2. The summed E-state index contributed by atoms with van der Waals surface area (Å²) in [6.07, 6.45) is 0. The molecule has 0 aliphatic heterocycles. The maximum Gasteiger partial charge on any atom is 0.319 e. The smallest absolute Gasteiger partial charge is 0.319 e. The molecule has 0 atom stereocenters. The van der Waals surface area contributed by atoms with Crippen molar-refractivity contribution in [1.29, 1.82) is 0 Å². The first-order valence-corrected chi connectivity index (χ1v) is 6.23. The summed E-state index contributed by atoms with van der Waals surface area (Å²) in [5.74, 6) is -1.99. The highest BCUT2D eigenvalue weighted by atomic mass is 32.2. The number of para-hydroxylation sites is 1. The van der Waals surface area contributed by atoms with Crippen molar-refractivity contribution in [3.05, 3.63) is 30.1 Å². The second kappa shape index (κ2) is 5.86. The van der Waals surface area contributed by atoms with Crippen molar-refractivity contribution in [2.45, 2.75) is 18.6 Å². The number of amides is 1. The first kappa shape index (κ1) is 14.5. The average molecular weight is 271 g/mol. The summed E-state index contributed by atoms with van der Waals surface area (Å²) >= 11 is 0.986. The van der Waals surface area contributed by atoms with Crippen LogP contribution in [0, 0.1) is 5.82 Å². The van der Waals surface area contributed by atoms with Crippen molar-refractivity contribution in [2.75, 3.05) is 11.1 Å². The third-order valence-corrected chi connectivity index (χ3v) is 3.53. The molecule has 18 heavy (non-hydrogen) atoms. The Morgan fingerprint density at radius 1 is 1.39 bits per heavy atom. The summed E-state index contributed by atoms with van der Waals surface area (Å²) in [6.45, 7) is 3.02. The molecule has 0 aliphatic rings. The fourth-order valence-electron chi connectivity index (χ4n) is 1.06. The molecular weight excluding hydrogens is 257 g/mol. The van der Waals surface area contributed by atoms with Crippen LogP contribution in [0.5, 0.6) is 0 Å². The van der Waals surface area contributed by atoms with Crippen LogP contribution >= 0.6 is 11.8 Å². The van der Waals surface area contributed by atoms with E-state index in [1.807, 2.05) is 0 Å². The summed E-state index contributed by atoms with van der Waals surface area (Å²) in [7, 11) is 0. The standard InChI is InChI=1S/C12H14FNO3S/c1-12(2,11(16)17)18-7-10(15)14-9-6-4-3-5-8(9)13/h3-6H,7H2,1-2H3,(H,14,15)(H,16,17). The number of nitrogens with one attached hydrogen (secondary N) is 1. The van der Waals surface area contributed by atoms with Gasteiger partial charge in [0, 0.05) is 0 Å². The number of thioether (sulfide) groups is 1. The van der Waals surface area contributed by atoms with Crippen LogP contribution in [0.3, 0.4) is 0 Å². The van der Waals surface area contributed by atoms with Gasteiger partial charge in [0.2, 0.25) is 5.91 Å². The van der Waals surface area contributed by atoms with Gasteiger partial charge >= 0.3 is 5.97 Å². The van der Waals surface area contributed by atoms with E-state index in [1.165, 1.54) is 32.0 Å². The van der Waals surface area contributed by atoms with Crippen LogP contribution in [0.4, 0.5) is 10.1 Å². The quantitative estimate of drug-likeness (QED) is 0.862. The topological polar surface area (TPSA) is 66.4 Å². The largest absolute Gasteiger partial charge is 0.480 e. The Morgan fingerprint density at radius 3 is 2.56 bits per heavy atom. The van der Waals surface area contributed by atoms with Crippen molar-refractivity contribution >= 4 is 29.3 Å². The Balaban J connectivity index is 2.54. The molecule has 1 aromatic rings. The molecule has 1 aromatic carbocycles.